The molecule has 0 saturated carbocycles. The summed E-state index contributed by atoms with van der Waals surface area (Å²) < 4.78 is 11.2. The van der Waals surface area contributed by atoms with Gasteiger partial charge in [0.15, 0.2) is 0 Å². The number of nitrogens with two attached hydrogens (primary N) is 1. The van der Waals surface area contributed by atoms with Crippen LogP contribution in [-0.4, -0.2) is 19.8 Å². The van der Waals surface area contributed by atoms with Gasteiger partial charge in [-0.1, -0.05) is 12.1 Å². The molecule has 0 bridgehead atoms. The van der Waals surface area contributed by atoms with Crippen LogP contribution in [0.1, 0.15) is 31.4 Å². The van der Waals surface area contributed by atoms with Crippen LogP contribution in [0.15, 0.2) is 24.3 Å². The van der Waals surface area contributed by atoms with Gasteiger partial charge in [0.25, 0.3) is 0 Å². The molecule has 0 spiro atoms. The first kappa shape index (κ1) is 12.4. The van der Waals surface area contributed by atoms with E-state index in [1.165, 1.54) is 0 Å². The van der Waals surface area contributed by atoms with Gasteiger partial charge in [-0.2, -0.15) is 0 Å². The van der Waals surface area contributed by atoms with E-state index in [0.717, 1.165) is 44.0 Å². The van der Waals surface area contributed by atoms with Gasteiger partial charge in [-0.05, 0) is 43.4 Å². The highest BCUT2D eigenvalue weighted by atomic mass is 16.5. The van der Waals surface area contributed by atoms with Crippen LogP contribution in [0.2, 0.25) is 0 Å². The third kappa shape index (κ3) is 3.72. The van der Waals surface area contributed by atoms with Gasteiger partial charge in [0, 0.05) is 19.3 Å². The van der Waals surface area contributed by atoms with Gasteiger partial charge in [-0.15, -0.1) is 0 Å². The van der Waals surface area contributed by atoms with Crippen molar-refractivity contribution in [3.05, 3.63) is 29.8 Å². The molecule has 1 unspecified atom stereocenters. The second-order valence-corrected chi connectivity index (χ2v) is 4.73. The molecule has 94 valence electrons. The fourth-order valence-electron chi connectivity index (χ4n) is 2.01. The minimum atomic E-state index is 0.0571. The first-order chi connectivity index (χ1) is 8.25. The third-order valence-corrected chi connectivity index (χ3v) is 3.21. The lowest BCUT2D eigenvalue weighted by Gasteiger charge is -2.22. The van der Waals surface area contributed by atoms with E-state index in [4.69, 9.17) is 15.2 Å². The van der Waals surface area contributed by atoms with E-state index in [-0.39, 0.29) is 6.04 Å². The van der Waals surface area contributed by atoms with E-state index in [1.54, 1.807) is 0 Å². The summed E-state index contributed by atoms with van der Waals surface area (Å²) in [6, 6.07) is 8.11. The molecule has 1 aliphatic heterocycles. The van der Waals surface area contributed by atoms with Crippen LogP contribution < -0.4 is 10.5 Å². The van der Waals surface area contributed by atoms with Crippen LogP contribution in [0.3, 0.4) is 0 Å². The molecule has 0 radical (unpaired) electrons. The van der Waals surface area contributed by atoms with Crippen LogP contribution in [0, 0.1) is 5.92 Å². The second-order valence-electron chi connectivity index (χ2n) is 4.73. The van der Waals surface area contributed by atoms with Gasteiger partial charge >= 0.3 is 0 Å². The quantitative estimate of drug-likeness (QED) is 0.872. The van der Waals surface area contributed by atoms with E-state index in [2.05, 4.69) is 0 Å². The lowest BCUT2D eigenvalue weighted by Crippen LogP contribution is -2.21. The van der Waals surface area contributed by atoms with E-state index in [9.17, 15) is 0 Å². The summed E-state index contributed by atoms with van der Waals surface area (Å²) in [4.78, 5) is 0. The Morgan fingerprint density at radius 3 is 2.88 bits per heavy atom. The lowest BCUT2D eigenvalue weighted by molar-refractivity contribution is 0.0497. The van der Waals surface area contributed by atoms with Crippen molar-refractivity contribution in [2.24, 2.45) is 11.7 Å². The Morgan fingerprint density at radius 1 is 1.41 bits per heavy atom. The highest BCUT2D eigenvalue weighted by Gasteiger charge is 2.14. The summed E-state index contributed by atoms with van der Waals surface area (Å²) in [5, 5.41) is 0. The zero-order valence-electron chi connectivity index (χ0n) is 10.4. The van der Waals surface area contributed by atoms with Gasteiger partial charge in [0.05, 0.1) is 6.61 Å². The highest BCUT2D eigenvalue weighted by molar-refractivity contribution is 5.30. The Labute approximate surface area is 103 Å². The second kappa shape index (κ2) is 6.03. The van der Waals surface area contributed by atoms with Gasteiger partial charge in [-0.3, -0.25) is 0 Å². The van der Waals surface area contributed by atoms with Crippen LogP contribution in [-0.2, 0) is 4.74 Å². The molecule has 0 amide bonds. The molecule has 1 heterocycles. The van der Waals surface area contributed by atoms with Crippen molar-refractivity contribution in [2.45, 2.75) is 25.8 Å². The van der Waals surface area contributed by atoms with Gasteiger partial charge < -0.3 is 15.2 Å². The molecule has 3 nitrogen and oxygen atoms in total. The first-order valence-electron chi connectivity index (χ1n) is 6.32. The highest BCUT2D eigenvalue weighted by Crippen LogP contribution is 2.20. The Kier molecular flexibility index (Phi) is 4.40. The average Bonchev–Trinajstić information content (AvgIpc) is 2.38. The molecule has 17 heavy (non-hydrogen) atoms. The molecule has 0 aromatic heterocycles. The minimum Gasteiger partial charge on any atom is -0.493 e. The van der Waals surface area contributed by atoms with E-state index in [1.807, 2.05) is 31.2 Å². The predicted octanol–water partition coefficient (Wildman–Crippen LogP) is 2.51. The predicted molar refractivity (Wildman–Crippen MR) is 68.1 cm³/mol. The third-order valence-electron chi connectivity index (χ3n) is 3.21. The summed E-state index contributed by atoms with van der Waals surface area (Å²) in [6.07, 6.45) is 2.21. The Hall–Kier alpha value is -1.06. The molecule has 1 saturated heterocycles. The Morgan fingerprint density at radius 2 is 2.18 bits per heavy atom. The van der Waals surface area contributed by atoms with Crippen LogP contribution in [0.5, 0.6) is 5.75 Å². The summed E-state index contributed by atoms with van der Waals surface area (Å²) in [5.41, 5.74) is 6.97. The Balaban J connectivity index is 1.87. The molecular weight excluding hydrogens is 214 g/mol. The van der Waals surface area contributed by atoms with Crippen LogP contribution >= 0.6 is 0 Å². The van der Waals surface area contributed by atoms with Crippen molar-refractivity contribution in [3.63, 3.8) is 0 Å². The molecular formula is C14H21NO2. The molecule has 1 aliphatic rings. The first-order valence-corrected chi connectivity index (χ1v) is 6.32. The number of hydrogen-bond acceptors (Lipinski definition) is 3. The maximum atomic E-state index is 5.85. The lowest BCUT2D eigenvalue weighted by atomic mass is 10.0. The van der Waals surface area contributed by atoms with E-state index < -0.39 is 0 Å². The monoisotopic (exact) mass is 235 g/mol. The van der Waals surface area contributed by atoms with Crippen LogP contribution in [0.25, 0.3) is 0 Å². The number of ether oxygens (including phenoxy) is 2. The number of benzene rings is 1. The fraction of sp³-hybridized carbons (Fsp3) is 0.571. The van der Waals surface area contributed by atoms with E-state index >= 15 is 0 Å². The molecule has 2 rings (SSSR count). The van der Waals surface area contributed by atoms with Crippen molar-refractivity contribution in [1.82, 2.24) is 0 Å². The van der Waals surface area contributed by atoms with Crippen molar-refractivity contribution < 1.29 is 9.47 Å². The zero-order valence-corrected chi connectivity index (χ0v) is 10.4. The summed E-state index contributed by atoms with van der Waals surface area (Å²) >= 11 is 0. The van der Waals surface area contributed by atoms with Crippen molar-refractivity contribution in [3.8, 4) is 5.75 Å². The standard InChI is InChI=1S/C14H21NO2/c1-11(15)13-3-2-4-14(9-13)17-10-12-5-7-16-8-6-12/h2-4,9,11-12H,5-8,10,15H2,1H3. The van der Waals surface area contributed by atoms with Crippen molar-refractivity contribution in [2.75, 3.05) is 19.8 Å². The smallest absolute Gasteiger partial charge is 0.119 e. The van der Waals surface area contributed by atoms with Gasteiger partial charge in [0.2, 0.25) is 0 Å². The van der Waals surface area contributed by atoms with Crippen molar-refractivity contribution in [1.29, 1.82) is 0 Å². The van der Waals surface area contributed by atoms with E-state index in [0.29, 0.717) is 5.92 Å². The van der Waals surface area contributed by atoms with Crippen LogP contribution in [0.4, 0.5) is 0 Å². The minimum absolute atomic E-state index is 0.0571. The fourth-order valence-corrected chi connectivity index (χ4v) is 2.01. The Bertz CT molecular complexity index is 346. The van der Waals surface area contributed by atoms with Gasteiger partial charge in [-0.25, -0.2) is 0 Å². The van der Waals surface area contributed by atoms with Gasteiger partial charge in [0.1, 0.15) is 5.75 Å². The summed E-state index contributed by atoms with van der Waals surface area (Å²) in [7, 11) is 0. The number of hydrogen-bond donors (Lipinski definition) is 1. The molecule has 1 aromatic carbocycles. The number of rotatable bonds is 4. The summed E-state index contributed by atoms with van der Waals surface area (Å²) in [5.74, 6) is 1.55. The normalized spacial score (nSPS) is 18.9. The zero-order chi connectivity index (χ0) is 12.1. The molecule has 1 aromatic rings. The van der Waals surface area contributed by atoms with Crippen molar-refractivity contribution >= 4 is 0 Å². The molecule has 2 N–H and O–H groups in total. The average molecular weight is 235 g/mol. The maximum Gasteiger partial charge on any atom is 0.119 e. The molecule has 3 heteroatoms. The molecule has 1 atom stereocenters. The summed E-state index contributed by atoms with van der Waals surface area (Å²) in [6.45, 7) is 4.51. The largest absolute Gasteiger partial charge is 0.493 e. The topological polar surface area (TPSA) is 44.5 Å². The SMILES string of the molecule is CC(N)c1cccc(OCC2CCOCC2)c1. The molecule has 1 fully saturated rings. The maximum absolute atomic E-state index is 5.85. The molecule has 0 aliphatic carbocycles.